The highest BCUT2D eigenvalue weighted by atomic mass is 79.9. The molecule has 0 aromatic heterocycles. The predicted octanol–water partition coefficient (Wildman–Crippen LogP) is 7.27. The fraction of sp³-hybridized carbons (Fsp3) is 0.375. The Morgan fingerprint density at radius 3 is 2.23 bits per heavy atom. The number of primary amides is 1. The van der Waals surface area contributed by atoms with Crippen LogP contribution in [0.4, 0.5) is 8.78 Å². The van der Waals surface area contributed by atoms with Crippen molar-refractivity contribution < 1.29 is 18.0 Å². The van der Waals surface area contributed by atoms with Gasteiger partial charge in [-0.2, -0.15) is 8.78 Å². The summed E-state index contributed by atoms with van der Waals surface area (Å²) in [7, 11) is -2.33. The van der Waals surface area contributed by atoms with Crippen LogP contribution < -0.4 is 5.73 Å². The fourth-order valence-electron chi connectivity index (χ4n) is 3.54. The molecule has 1 amide bonds. The molecule has 3 nitrogen and oxygen atoms in total. The van der Waals surface area contributed by atoms with Gasteiger partial charge in [0, 0.05) is 10.0 Å². The van der Waals surface area contributed by atoms with Gasteiger partial charge in [0.05, 0.1) is 0 Å². The molecule has 7 heteroatoms. The third kappa shape index (κ3) is 6.34. The molecule has 0 saturated heterocycles. The minimum absolute atomic E-state index is 0.183. The van der Waals surface area contributed by atoms with Gasteiger partial charge >= 0.3 is 0 Å². The van der Waals surface area contributed by atoms with Crippen molar-refractivity contribution in [2.45, 2.75) is 57.9 Å². The lowest BCUT2D eigenvalue weighted by molar-refractivity contribution is -0.0627. The maximum atomic E-state index is 15.6. The average molecular weight is 510 g/mol. The van der Waals surface area contributed by atoms with E-state index < -0.39 is 26.3 Å². The van der Waals surface area contributed by atoms with E-state index in [0.29, 0.717) is 15.6 Å². The molecule has 0 aliphatic carbocycles. The number of rotatable bonds is 10. The molecule has 2 N–H and O–H groups in total. The lowest BCUT2D eigenvalue weighted by Gasteiger charge is -2.36. The van der Waals surface area contributed by atoms with Crippen molar-refractivity contribution in [3.05, 3.63) is 75.3 Å². The topological polar surface area (TPSA) is 52.3 Å². The molecule has 0 saturated carbocycles. The molecule has 0 spiro atoms. The first-order valence-electron chi connectivity index (χ1n) is 10.5. The van der Waals surface area contributed by atoms with E-state index in [1.807, 2.05) is 39.8 Å². The number of alkyl halides is 2. The van der Waals surface area contributed by atoms with E-state index in [0.717, 1.165) is 29.8 Å². The molecule has 1 atom stereocenters. The summed E-state index contributed by atoms with van der Waals surface area (Å²) >= 11 is 3.31. The van der Waals surface area contributed by atoms with Crippen LogP contribution in [0, 0.1) is 6.92 Å². The van der Waals surface area contributed by atoms with Crippen LogP contribution in [0.3, 0.4) is 0 Å². The Morgan fingerprint density at radius 2 is 1.71 bits per heavy atom. The lowest BCUT2D eigenvalue weighted by atomic mass is 10.00. The van der Waals surface area contributed by atoms with Gasteiger partial charge in [-0.25, -0.2) is 0 Å². The second kappa shape index (κ2) is 10.7. The Labute approximate surface area is 192 Å². The molecule has 168 valence electrons. The van der Waals surface area contributed by atoms with E-state index in [-0.39, 0.29) is 5.56 Å². The molecule has 1 unspecified atom stereocenters. The summed E-state index contributed by atoms with van der Waals surface area (Å²) in [4.78, 5) is 11.7. The van der Waals surface area contributed by atoms with Crippen molar-refractivity contribution in [2.24, 2.45) is 5.73 Å². The number of carbonyl (C=O) groups is 1. The smallest absolute Gasteiger partial charge is 0.295 e. The first-order valence-corrected chi connectivity index (χ1v) is 13.8. The zero-order valence-corrected chi connectivity index (χ0v) is 21.0. The van der Waals surface area contributed by atoms with Crippen LogP contribution in [0.5, 0.6) is 0 Å². The molecule has 2 rings (SSSR count). The van der Waals surface area contributed by atoms with Crippen molar-refractivity contribution in [3.8, 4) is 0 Å². The maximum Gasteiger partial charge on any atom is 0.295 e. The standard InChI is InChI=1S/C24H30BrF2NO2Si/c1-5-31(6-2,7-3)30-22(18-10-8-17(4)9-11-18)24(26,27)15-14-19-16-20(25)12-13-21(19)23(28)29/h8-16,22H,5-7H2,1-4H3,(H2,28,29)/b15-14+. The van der Waals surface area contributed by atoms with Crippen molar-refractivity contribution in [1.82, 2.24) is 0 Å². The van der Waals surface area contributed by atoms with Crippen LogP contribution in [0.25, 0.3) is 6.08 Å². The van der Waals surface area contributed by atoms with E-state index >= 15 is 8.78 Å². The minimum Gasteiger partial charge on any atom is -0.404 e. The molecular weight excluding hydrogens is 480 g/mol. The third-order valence-electron chi connectivity index (χ3n) is 5.79. The van der Waals surface area contributed by atoms with Crippen LogP contribution in [-0.2, 0) is 4.43 Å². The van der Waals surface area contributed by atoms with Crippen molar-refractivity contribution >= 4 is 36.2 Å². The Kier molecular flexibility index (Phi) is 8.74. The van der Waals surface area contributed by atoms with Gasteiger partial charge in [0.15, 0.2) is 8.32 Å². The normalized spacial score (nSPS) is 13.5. The summed E-state index contributed by atoms with van der Waals surface area (Å²) in [6.07, 6.45) is 0.675. The van der Waals surface area contributed by atoms with Crippen molar-refractivity contribution in [3.63, 3.8) is 0 Å². The Morgan fingerprint density at radius 1 is 1.13 bits per heavy atom. The number of hydrogen-bond acceptors (Lipinski definition) is 2. The van der Waals surface area contributed by atoms with E-state index in [4.69, 9.17) is 10.2 Å². The summed E-state index contributed by atoms with van der Waals surface area (Å²) in [6, 6.07) is 14.1. The van der Waals surface area contributed by atoms with Gasteiger partial charge in [-0.15, -0.1) is 0 Å². The molecule has 0 radical (unpaired) electrons. The first kappa shape index (κ1) is 25.4. The summed E-state index contributed by atoms with van der Waals surface area (Å²) in [6.45, 7) is 7.96. The molecular formula is C24H30BrF2NO2Si. The van der Waals surface area contributed by atoms with Gasteiger partial charge in [-0.1, -0.05) is 72.6 Å². The molecule has 31 heavy (non-hydrogen) atoms. The molecule has 0 aliphatic heterocycles. The van der Waals surface area contributed by atoms with Crippen LogP contribution in [-0.4, -0.2) is 20.1 Å². The van der Waals surface area contributed by atoms with Gasteiger partial charge in [0.25, 0.3) is 5.92 Å². The molecule has 0 heterocycles. The number of benzene rings is 2. The summed E-state index contributed by atoms with van der Waals surface area (Å²) in [5.41, 5.74) is 7.36. The van der Waals surface area contributed by atoms with E-state index in [2.05, 4.69) is 15.9 Å². The monoisotopic (exact) mass is 509 g/mol. The molecule has 0 fully saturated rings. The Balaban J connectivity index is 2.51. The predicted molar refractivity (Wildman–Crippen MR) is 129 cm³/mol. The van der Waals surface area contributed by atoms with E-state index in [1.54, 1.807) is 24.3 Å². The van der Waals surface area contributed by atoms with Gasteiger partial charge < -0.3 is 10.2 Å². The first-order chi connectivity index (χ1) is 14.6. The second-order valence-electron chi connectivity index (χ2n) is 7.76. The van der Waals surface area contributed by atoms with Gasteiger partial charge in [-0.05, 0) is 60.5 Å². The van der Waals surface area contributed by atoms with Gasteiger partial charge in [-0.3, -0.25) is 4.79 Å². The molecule has 0 aliphatic rings. The van der Waals surface area contributed by atoms with Crippen LogP contribution in [0.2, 0.25) is 18.1 Å². The largest absolute Gasteiger partial charge is 0.404 e. The maximum absolute atomic E-state index is 15.6. The summed E-state index contributed by atoms with van der Waals surface area (Å²) in [5, 5.41) is 0. The van der Waals surface area contributed by atoms with Gasteiger partial charge in [0.2, 0.25) is 5.91 Å². The van der Waals surface area contributed by atoms with Crippen molar-refractivity contribution in [2.75, 3.05) is 0 Å². The molecule has 0 bridgehead atoms. The van der Waals surface area contributed by atoms with Gasteiger partial charge in [0.1, 0.15) is 6.10 Å². The highest BCUT2D eigenvalue weighted by Gasteiger charge is 2.44. The average Bonchev–Trinajstić information content (AvgIpc) is 2.74. The quantitative estimate of drug-likeness (QED) is 0.342. The number of halogens is 3. The Hall–Kier alpha value is -1.83. The van der Waals surface area contributed by atoms with E-state index in [9.17, 15) is 4.79 Å². The number of aryl methyl sites for hydroxylation is 1. The fourth-order valence-corrected chi connectivity index (χ4v) is 6.72. The van der Waals surface area contributed by atoms with Crippen LogP contribution in [0.15, 0.2) is 53.0 Å². The zero-order valence-electron chi connectivity index (χ0n) is 18.4. The number of carbonyl (C=O) groups excluding carboxylic acids is 1. The molecule has 2 aromatic carbocycles. The second-order valence-corrected chi connectivity index (χ2v) is 13.4. The highest BCUT2D eigenvalue weighted by Crippen LogP contribution is 2.41. The van der Waals surface area contributed by atoms with Crippen LogP contribution >= 0.6 is 15.9 Å². The van der Waals surface area contributed by atoms with Crippen LogP contribution in [0.1, 0.15) is 53.9 Å². The Bertz CT molecular complexity index is 919. The molecule has 2 aromatic rings. The van der Waals surface area contributed by atoms with E-state index in [1.165, 1.54) is 12.1 Å². The SMILES string of the molecule is CC[Si](CC)(CC)OC(c1ccc(C)cc1)C(F)(F)/C=C/c1cc(Br)ccc1C(N)=O. The number of nitrogens with two attached hydrogens (primary N) is 1. The number of hydrogen-bond donors (Lipinski definition) is 1. The summed E-state index contributed by atoms with van der Waals surface area (Å²) < 4.78 is 38.2. The van der Waals surface area contributed by atoms with Crippen molar-refractivity contribution in [1.29, 1.82) is 0 Å². The minimum atomic E-state index is -3.29. The number of amides is 1. The highest BCUT2D eigenvalue weighted by molar-refractivity contribution is 9.10. The lowest BCUT2D eigenvalue weighted by Crippen LogP contribution is -2.41. The zero-order chi connectivity index (χ0) is 23.2. The summed E-state index contributed by atoms with van der Waals surface area (Å²) in [5.74, 6) is -3.96. The third-order valence-corrected chi connectivity index (χ3v) is 10.9.